The molecule has 28 heavy (non-hydrogen) atoms. The minimum Gasteiger partial charge on any atom is -0.464 e. The minimum atomic E-state index is -0.887. The van der Waals surface area contributed by atoms with Gasteiger partial charge >= 0.3 is 5.97 Å². The molecule has 8 heteroatoms. The molecule has 0 saturated carbocycles. The van der Waals surface area contributed by atoms with Crippen molar-refractivity contribution in [1.82, 2.24) is 10.3 Å². The molecule has 1 heterocycles. The van der Waals surface area contributed by atoms with E-state index in [4.69, 9.17) is 4.74 Å². The number of amides is 1. The number of ether oxygens (including phenoxy) is 1. The first-order chi connectivity index (χ1) is 13.5. The summed E-state index contributed by atoms with van der Waals surface area (Å²) < 4.78 is 5.10. The van der Waals surface area contributed by atoms with E-state index in [9.17, 15) is 19.7 Å². The molecule has 2 N–H and O–H groups in total. The normalized spacial score (nSPS) is 11.8. The van der Waals surface area contributed by atoms with Crippen molar-refractivity contribution < 1.29 is 19.2 Å². The monoisotopic (exact) mass is 381 g/mol. The quantitative estimate of drug-likeness (QED) is 0.371. The first-order valence-corrected chi connectivity index (χ1v) is 8.76. The lowest BCUT2D eigenvalue weighted by Crippen LogP contribution is -2.43. The van der Waals surface area contributed by atoms with Gasteiger partial charge in [0.15, 0.2) is 0 Å². The van der Waals surface area contributed by atoms with Crippen molar-refractivity contribution in [1.29, 1.82) is 0 Å². The van der Waals surface area contributed by atoms with Crippen LogP contribution in [0.2, 0.25) is 0 Å². The van der Waals surface area contributed by atoms with Crippen LogP contribution in [0.3, 0.4) is 0 Å². The summed E-state index contributed by atoms with van der Waals surface area (Å²) in [7, 11) is 0. The fraction of sp³-hybridized carbons (Fsp3) is 0.200. The van der Waals surface area contributed by atoms with Crippen molar-refractivity contribution in [2.75, 3.05) is 6.61 Å². The molecule has 3 aromatic rings. The molecule has 0 saturated heterocycles. The Hall–Kier alpha value is -3.68. The Bertz CT molecular complexity index is 1010. The second-order valence-electron chi connectivity index (χ2n) is 6.15. The van der Waals surface area contributed by atoms with E-state index in [0.29, 0.717) is 0 Å². The maximum Gasteiger partial charge on any atom is 0.328 e. The van der Waals surface area contributed by atoms with Crippen molar-refractivity contribution in [2.24, 2.45) is 0 Å². The Morgan fingerprint density at radius 1 is 1.18 bits per heavy atom. The van der Waals surface area contributed by atoms with Crippen molar-refractivity contribution >= 4 is 28.5 Å². The van der Waals surface area contributed by atoms with E-state index in [2.05, 4.69) is 10.3 Å². The van der Waals surface area contributed by atoms with Gasteiger partial charge in [-0.2, -0.15) is 0 Å². The predicted molar refractivity (Wildman–Crippen MR) is 103 cm³/mol. The molecule has 0 aliphatic heterocycles. The maximum atomic E-state index is 12.5. The Labute approximate surface area is 160 Å². The van der Waals surface area contributed by atoms with Crippen molar-refractivity contribution in [3.8, 4) is 0 Å². The van der Waals surface area contributed by atoms with Crippen LogP contribution >= 0.6 is 0 Å². The Balaban J connectivity index is 1.80. The summed E-state index contributed by atoms with van der Waals surface area (Å²) in [5.74, 6) is -1.05. The number of hydrogen-bond donors (Lipinski definition) is 2. The van der Waals surface area contributed by atoms with Crippen LogP contribution in [0.15, 0.2) is 54.7 Å². The number of H-pyrrole nitrogens is 1. The summed E-state index contributed by atoms with van der Waals surface area (Å²) in [6.45, 7) is 1.88. The lowest BCUT2D eigenvalue weighted by molar-refractivity contribution is -0.384. The highest BCUT2D eigenvalue weighted by Gasteiger charge is 2.24. The van der Waals surface area contributed by atoms with Crippen LogP contribution in [0, 0.1) is 10.1 Å². The van der Waals surface area contributed by atoms with Crippen LogP contribution in [0.25, 0.3) is 10.9 Å². The van der Waals surface area contributed by atoms with Crippen molar-refractivity contribution in [3.63, 3.8) is 0 Å². The molecule has 8 nitrogen and oxygen atoms in total. The van der Waals surface area contributed by atoms with Gasteiger partial charge in [-0.25, -0.2) is 4.79 Å². The molecule has 0 fully saturated rings. The number of non-ortho nitro benzene ring substituents is 1. The molecule has 1 aromatic heterocycles. The van der Waals surface area contributed by atoms with E-state index in [1.54, 1.807) is 13.1 Å². The number of rotatable bonds is 7. The zero-order valence-corrected chi connectivity index (χ0v) is 15.2. The third-order valence-electron chi connectivity index (χ3n) is 4.32. The number of carbonyl (C=O) groups is 2. The largest absolute Gasteiger partial charge is 0.464 e. The number of para-hydroxylation sites is 1. The minimum absolute atomic E-state index is 0.114. The van der Waals surface area contributed by atoms with Gasteiger partial charge in [-0.1, -0.05) is 18.2 Å². The first kappa shape index (κ1) is 19.1. The number of fused-ring (bicyclic) bond motifs is 1. The average molecular weight is 381 g/mol. The third-order valence-corrected chi connectivity index (χ3v) is 4.32. The highest BCUT2D eigenvalue weighted by atomic mass is 16.6. The Kier molecular flexibility index (Phi) is 5.69. The van der Waals surface area contributed by atoms with Crippen LogP contribution < -0.4 is 5.32 Å². The maximum absolute atomic E-state index is 12.5. The molecule has 2 aromatic carbocycles. The predicted octanol–water partition coefficient (Wildman–Crippen LogP) is 2.98. The number of carbonyl (C=O) groups excluding carboxylic acids is 2. The van der Waals surface area contributed by atoms with Gasteiger partial charge < -0.3 is 15.0 Å². The molecular formula is C20H19N3O5. The molecule has 1 amide bonds. The van der Waals surface area contributed by atoms with Gasteiger partial charge in [-0.3, -0.25) is 14.9 Å². The number of nitro benzene ring substituents is 1. The fourth-order valence-corrected chi connectivity index (χ4v) is 2.93. The van der Waals surface area contributed by atoms with Crippen LogP contribution in [-0.4, -0.2) is 34.4 Å². The van der Waals surface area contributed by atoms with Crippen LogP contribution in [0.4, 0.5) is 5.69 Å². The zero-order valence-electron chi connectivity index (χ0n) is 15.2. The fourth-order valence-electron chi connectivity index (χ4n) is 2.93. The number of nitrogens with one attached hydrogen (secondary N) is 2. The molecular weight excluding hydrogens is 362 g/mol. The zero-order chi connectivity index (χ0) is 20.1. The topological polar surface area (TPSA) is 114 Å². The van der Waals surface area contributed by atoms with Crippen LogP contribution in [0.1, 0.15) is 22.8 Å². The van der Waals surface area contributed by atoms with E-state index in [-0.39, 0.29) is 24.3 Å². The molecule has 0 spiro atoms. The summed E-state index contributed by atoms with van der Waals surface area (Å²) in [4.78, 5) is 38.3. The van der Waals surface area contributed by atoms with E-state index >= 15 is 0 Å². The summed E-state index contributed by atoms with van der Waals surface area (Å²) >= 11 is 0. The second kappa shape index (κ2) is 8.34. The van der Waals surface area contributed by atoms with Gasteiger partial charge in [-0.05, 0) is 30.7 Å². The SMILES string of the molecule is CCOC(=O)C(Cc1c[nH]c2ccccc12)NC(=O)c1ccc([N+](=O)[O-])cc1. The number of benzene rings is 2. The van der Waals surface area contributed by atoms with Crippen LogP contribution in [0.5, 0.6) is 0 Å². The molecule has 0 bridgehead atoms. The molecule has 3 rings (SSSR count). The molecule has 1 unspecified atom stereocenters. The average Bonchev–Trinajstić information content (AvgIpc) is 3.10. The number of nitrogens with zero attached hydrogens (tertiary/aromatic N) is 1. The van der Waals surface area contributed by atoms with Gasteiger partial charge in [0, 0.05) is 41.2 Å². The molecule has 0 radical (unpaired) electrons. The number of aromatic nitrogens is 1. The number of nitro groups is 1. The van der Waals surface area contributed by atoms with Gasteiger partial charge in [0.2, 0.25) is 0 Å². The molecule has 0 aliphatic carbocycles. The van der Waals surface area contributed by atoms with E-state index in [1.807, 2.05) is 24.3 Å². The van der Waals surface area contributed by atoms with Gasteiger partial charge in [0.1, 0.15) is 6.04 Å². The molecule has 1 atom stereocenters. The smallest absolute Gasteiger partial charge is 0.328 e. The van der Waals surface area contributed by atoms with E-state index in [0.717, 1.165) is 16.5 Å². The van der Waals surface area contributed by atoms with Gasteiger partial charge in [0.05, 0.1) is 11.5 Å². The first-order valence-electron chi connectivity index (χ1n) is 8.76. The third kappa shape index (κ3) is 4.17. The summed E-state index contributed by atoms with van der Waals surface area (Å²) in [5, 5.41) is 14.4. The number of esters is 1. The second-order valence-corrected chi connectivity index (χ2v) is 6.15. The van der Waals surface area contributed by atoms with Crippen molar-refractivity contribution in [3.05, 3.63) is 76.0 Å². The summed E-state index contributed by atoms with van der Waals surface area (Å²) in [6.07, 6.45) is 2.05. The highest BCUT2D eigenvalue weighted by molar-refractivity contribution is 5.97. The summed E-state index contributed by atoms with van der Waals surface area (Å²) in [5.41, 5.74) is 1.91. The van der Waals surface area contributed by atoms with E-state index in [1.165, 1.54) is 24.3 Å². The summed E-state index contributed by atoms with van der Waals surface area (Å²) in [6, 6.07) is 12.0. The molecule has 0 aliphatic rings. The lowest BCUT2D eigenvalue weighted by Gasteiger charge is -2.17. The van der Waals surface area contributed by atoms with Gasteiger partial charge in [-0.15, -0.1) is 0 Å². The lowest BCUT2D eigenvalue weighted by atomic mass is 10.0. The van der Waals surface area contributed by atoms with Crippen LogP contribution in [-0.2, 0) is 16.0 Å². The number of aromatic amines is 1. The standard InChI is InChI=1S/C20H19N3O5/c1-2-28-20(25)18(11-14-12-21-17-6-4-3-5-16(14)17)22-19(24)13-7-9-15(10-8-13)23(26)27/h3-10,12,18,21H,2,11H2,1H3,(H,22,24). The Morgan fingerprint density at radius 3 is 2.57 bits per heavy atom. The highest BCUT2D eigenvalue weighted by Crippen LogP contribution is 2.20. The number of hydrogen-bond acceptors (Lipinski definition) is 5. The molecule has 144 valence electrons. The van der Waals surface area contributed by atoms with Gasteiger partial charge in [0.25, 0.3) is 11.6 Å². The Morgan fingerprint density at radius 2 is 1.89 bits per heavy atom. The van der Waals surface area contributed by atoms with Crippen molar-refractivity contribution in [2.45, 2.75) is 19.4 Å². The van der Waals surface area contributed by atoms with E-state index < -0.39 is 22.8 Å².